The van der Waals surface area contributed by atoms with Gasteiger partial charge in [0.2, 0.25) is 0 Å². The quantitative estimate of drug-likeness (QED) is 0.246. The van der Waals surface area contributed by atoms with Crippen LogP contribution in [0.1, 0.15) is 91.4 Å². The van der Waals surface area contributed by atoms with Crippen molar-refractivity contribution in [3.63, 3.8) is 0 Å². The molecule has 0 fully saturated rings. The third-order valence-electron chi connectivity index (χ3n) is 3.51. The van der Waals surface area contributed by atoms with Gasteiger partial charge in [-0.3, -0.25) is 0 Å². The molecule has 19 heavy (non-hydrogen) atoms. The Balaban J connectivity index is 3.19. The molecule has 0 spiro atoms. The van der Waals surface area contributed by atoms with Crippen LogP contribution in [0.2, 0.25) is 0 Å². The van der Waals surface area contributed by atoms with Crippen molar-refractivity contribution in [3.8, 4) is 0 Å². The van der Waals surface area contributed by atoms with Crippen molar-refractivity contribution in [2.75, 3.05) is 0 Å². The molecule has 0 rings (SSSR count). The number of hydrogen-bond donors (Lipinski definition) is 0. The van der Waals surface area contributed by atoms with Gasteiger partial charge in [-0.15, -0.1) is 0 Å². The molecule has 0 unspecified atom stereocenters. The smallest absolute Gasteiger partial charge is 0.0348 e. The largest absolute Gasteiger partial charge is 0.0845 e. The molecule has 0 amide bonds. The average molecular weight is 264 g/mol. The van der Waals surface area contributed by atoms with Gasteiger partial charge in [-0.2, -0.15) is 0 Å². The van der Waals surface area contributed by atoms with E-state index in [2.05, 4.69) is 45.1 Å². The molecule has 0 aliphatic rings. The van der Waals surface area contributed by atoms with Crippen molar-refractivity contribution < 1.29 is 0 Å². The topological polar surface area (TPSA) is 0 Å². The number of unbranched alkanes of at least 4 members (excludes halogenated alkanes) is 8. The molecule has 112 valence electrons. The zero-order chi connectivity index (χ0) is 14.2. The highest BCUT2D eigenvalue weighted by atomic mass is 14.0. The van der Waals surface area contributed by atoms with E-state index in [-0.39, 0.29) is 0 Å². The molecule has 0 saturated carbocycles. The first kappa shape index (κ1) is 18.5. The van der Waals surface area contributed by atoms with Gasteiger partial charge in [0.25, 0.3) is 0 Å². The van der Waals surface area contributed by atoms with Crippen molar-refractivity contribution >= 4 is 0 Å². The van der Waals surface area contributed by atoms with Gasteiger partial charge < -0.3 is 0 Å². The van der Waals surface area contributed by atoms with Crippen LogP contribution in [0.4, 0.5) is 0 Å². The molecule has 0 radical (unpaired) electrons. The minimum atomic E-state index is 0.862. The predicted octanol–water partition coefficient (Wildman–Crippen LogP) is 7.07. The lowest BCUT2D eigenvalue weighted by molar-refractivity contribution is 0.540. The van der Waals surface area contributed by atoms with Crippen LogP contribution >= 0.6 is 0 Å². The van der Waals surface area contributed by atoms with Crippen molar-refractivity contribution in [3.05, 3.63) is 24.3 Å². The summed E-state index contributed by atoms with van der Waals surface area (Å²) in [6, 6.07) is 0. The Hall–Kier alpha value is -0.520. The van der Waals surface area contributed by atoms with Crippen LogP contribution in [-0.2, 0) is 0 Å². The molecular formula is C19H36. The maximum Gasteiger partial charge on any atom is -0.0348 e. The summed E-state index contributed by atoms with van der Waals surface area (Å²) in [5, 5.41) is 0. The summed E-state index contributed by atoms with van der Waals surface area (Å²) in [4.78, 5) is 0. The van der Waals surface area contributed by atoms with Crippen LogP contribution in [0, 0.1) is 5.92 Å². The summed E-state index contributed by atoms with van der Waals surface area (Å²) in [7, 11) is 0. The molecule has 0 aliphatic carbocycles. The van der Waals surface area contributed by atoms with E-state index in [0.717, 1.165) is 5.92 Å². The summed E-state index contributed by atoms with van der Waals surface area (Å²) >= 11 is 0. The molecule has 0 aromatic heterocycles. The molecular weight excluding hydrogens is 228 g/mol. The van der Waals surface area contributed by atoms with Crippen LogP contribution < -0.4 is 0 Å². The van der Waals surface area contributed by atoms with Gasteiger partial charge in [0.15, 0.2) is 0 Å². The summed E-state index contributed by atoms with van der Waals surface area (Å²) < 4.78 is 0. The van der Waals surface area contributed by atoms with E-state index < -0.39 is 0 Å². The third-order valence-corrected chi connectivity index (χ3v) is 3.51. The van der Waals surface area contributed by atoms with Gasteiger partial charge in [0.1, 0.15) is 0 Å². The minimum Gasteiger partial charge on any atom is -0.0845 e. The molecule has 0 heterocycles. The Morgan fingerprint density at radius 2 is 1.21 bits per heavy atom. The fraction of sp³-hybridized carbons (Fsp3) is 0.789. The maximum atomic E-state index is 2.32. The van der Waals surface area contributed by atoms with Gasteiger partial charge in [0, 0.05) is 0 Å². The van der Waals surface area contributed by atoms with Crippen molar-refractivity contribution in [2.45, 2.75) is 91.4 Å². The molecule has 0 aliphatic heterocycles. The summed E-state index contributed by atoms with van der Waals surface area (Å²) in [6.45, 7) is 6.89. The summed E-state index contributed by atoms with van der Waals surface area (Å²) in [6.07, 6.45) is 24.1. The van der Waals surface area contributed by atoms with Gasteiger partial charge in [-0.25, -0.2) is 0 Å². The summed E-state index contributed by atoms with van der Waals surface area (Å²) in [5.74, 6) is 0.862. The van der Waals surface area contributed by atoms with Gasteiger partial charge in [-0.1, -0.05) is 90.0 Å². The second-order valence-electron chi connectivity index (χ2n) is 6.09. The Morgan fingerprint density at radius 3 is 1.79 bits per heavy atom. The molecule has 0 nitrogen and oxygen atoms in total. The molecule has 0 aromatic rings. The Bertz CT molecular complexity index is 210. The molecule has 0 heteroatoms. The van der Waals surface area contributed by atoms with Crippen LogP contribution in [0.25, 0.3) is 0 Å². The molecule has 0 aromatic carbocycles. The first-order valence-corrected chi connectivity index (χ1v) is 8.59. The Morgan fingerprint density at radius 1 is 0.684 bits per heavy atom. The average Bonchev–Trinajstić information content (AvgIpc) is 2.39. The molecule has 0 saturated heterocycles. The lowest BCUT2D eigenvalue weighted by Crippen LogP contribution is -1.85. The van der Waals surface area contributed by atoms with Crippen LogP contribution in [0.3, 0.4) is 0 Å². The van der Waals surface area contributed by atoms with Crippen molar-refractivity contribution in [1.29, 1.82) is 0 Å². The molecule has 0 bridgehead atoms. The van der Waals surface area contributed by atoms with E-state index in [0.29, 0.717) is 0 Å². The summed E-state index contributed by atoms with van der Waals surface area (Å²) in [5.41, 5.74) is 0. The van der Waals surface area contributed by atoms with Crippen LogP contribution in [0.15, 0.2) is 24.3 Å². The van der Waals surface area contributed by atoms with Gasteiger partial charge >= 0.3 is 0 Å². The van der Waals surface area contributed by atoms with E-state index in [4.69, 9.17) is 0 Å². The second-order valence-corrected chi connectivity index (χ2v) is 6.09. The first-order chi connectivity index (χ1) is 9.27. The number of allylic oxidation sites excluding steroid dienone is 4. The molecule has 0 N–H and O–H groups in total. The van der Waals surface area contributed by atoms with Crippen LogP contribution in [0.5, 0.6) is 0 Å². The Kier molecular flexibility index (Phi) is 15.1. The van der Waals surface area contributed by atoms with E-state index in [1.165, 1.54) is 70.6 Å². The SMILES string of the molecule is CCCCCCCCC=CC=CCCCCC(C)C. The molecule has 0 atom stereocenters. The second kappa shape index (κ2) is 15.5. The highest BCUT2D eigenvalue weighted by Crippen LogP contribution is 2.09. The normalized spacial score (nSPS) is 12.2. The van der Waals surface area contributed by atoms with Crippen molar-refractivity contribution in [2.24, 2.45) is 5.92 Å². The van der Waals surface area contributed by atoms with Gasteiger partial charge in [-0.05, 0) is 31.6 Å². The van der Waals surface area contributed by atoms with Crippen LogP contribution in [-0.4, -0.2) is 0 Å². The zero-order valence-electron chi connectivity index (χ0n) is 13.7. The lowest BCUT2D eigenvalue weighted by Gasteiger charge is -2.01. The maximum absolute atomic E-state index is 2.32. The zero-order valence-corrected chi connectivity index (χ0v) is 13.7. The van der Waals surface area contributed by atoms with E-state index in [1.54, 1.807) is 0 Å². The van der Waals surface area contributed by atoms with E-state index in [9.17, 15) is 0 Å². The first-order valence-electron chi connectivity index (χ1n) is 8.59. The highest BCUT2D eigenvalue weighted by molar-refractivity contribution is 5.02. The standard InChI is InChI=1S/C19H36/c1-4-5-6-7-8-9-10-11-12-13-14-15-16-17-18-19(2)3/h11-14,19H,4-10,15-18H2,1-3H3. The monoisotopic (exact) mass is 264 g/mol. The third kappa shape index (κ3) is 17.5. The number of rotatable bonds is 13. The highest BCUT2D eigenvalue weighted by Gasteiger charge is 1.91. The number of hydrogen-bond acceptors (Lipinski definition) is 0. The fourth-order valence-electron chi connectivity index (χ4n) is 2.21. The predicted molar refractivity (Wildman–Crippen MR) is 89.6 cm³/mol. The van der Waals surface area contributed by atoms with E-state index in [1.807, 2.05) is 0 Å². The minimum absolute atomic E-state index is 0.862. The van der Waals surface area contributed by atoms with Gasteiger partial charge in [0.05, 0.1) is 0 Å². The Labute approximate surface area is 122 Å². The van der Waals surface area contributed by atoms with Crippen molar-refractivity contribution in [1.82, 2.24) is 0 Å². The fourth-order valence-corrected chi connectivity index (χ4v) is 2.21. The lowest BCUT2D eigenvalue weighted by atomic mass is 10.1. The van der Waals surface area contributed by atoms with E-state index >= 15 is 0 Å².